The molecule has 0 radical (unpaired) electrons. The Labute approximate surface area is 180 Å². The van der Waals surface area contributed by atoms with Gasteiger partial charge in [-0.2, -0.15) is 0 Å². The van der Waals surface area contributed by atoms with E-state index in [4.69, 9.17) is 9.47 Å². The van der Waals surface area contributed by atoms with Crippen LogP contribution in [0.2, 0.25) is 0 Å². The van der Waals surface area contributed by atoms with E-state index < -0.39 is 15.3 Å². The highest BCUT2D eigenvalue weighted by Crippen LogP contribution is 2.51. The van der Waals surface area contributed by atoms with Crippen LogP contribution in [0.1, 0.15) is 24.0 Å². The summed E-state index contributed by atoms with van der Waals surface area (Å²) in [6, 6.07) is 15.2. The summed E-state index contributed by atoms with van der Waals surface area (Å²) in [5, 5.41) is 2.64. The SMILES string of the molecule is Cc1ccc(S(=O)(=O)c2ncccc2NC(=O)C2(c3ccc4c(c3)OCO4)CC2)cc1. The van der Waals surface area contributed by atoms with E-state index in [9.17, 15) is 13.2 Å². The van der Waals surface area contributed by atoms with Gasteiger partial charge in [0.05, 0.1) is 16.0 Å². The number of carbonyl (C=O) groups excluding carboxylic acids is 1. The highest BCUT2D eigenvalue weighted by molar-refractivity contribution is 7.91. The number of aryl methyl sites for hydroxylation is 1. The van der Waals surface area contributed by atoms with Crippen LogP contribution in [0.4, 0.5) is 5.69 Å². The quantitative estimate of drug-likeness (QED) is 0.656. The van der Waals surface area contributed by atoms with Crippen LogP contribution < -0.4 is 14.8 Å². The van der Waals surface area contributed by atoms with E-state index in [1.807, 2.05) is 19.1 Å². The Hall–Kier alpha value is -3.39. The number of fused-ring (bicyclic) bond motifs is 1. The number of rotatable bonds is 5. The summed E-state index contributed by atoms with van der Waals surface area (Å²) in [7, 11) is -3.89. The van der Waals surface area contributed by atoms with Gasteiger partial charge in [-0.3, -0.25) is 4.79 Å². The molecule has 1 aliphatic heterocycles. The van der Waals surface area contributed by atoms with Crippen molar-refractivity contribution in [3.05, 3.63) is 71.9 Å². The van der Waals surface area contributed by atoms with Gasteiger partial charge in [0.15, 0.2) is 16.5 Å². The van der Waals surface area contributed by atoms with E-state index in [1.54, 1.807) is 42.5 Å². The molecule has 2 aliphatic rings. The predicted molar refractivity (Wildman–Crippen MR) is 113 cm³/mol. The number of aromatic nitrogens is 1. The summed E-state index contributed by atoms with van der Waals surface area (Å²) in [6.45, 7) is 2.04. The zero-order valence-corrected chi connectivity index (χ0v) is 17.6. The van der Waals surface area contributed by atoms with Gasteiger partial charge in [0.2, 0.25) is 22.5 Å². The third-order valence-corrected chi connectivity index (χ3v) is 7.44. The Balaban J connectivity index is 1.46. The average Bonchev–Trinajstić information content (AvgIpc) is 3.45. The number of pyridine rings is 1. The van der Waals surface area contributed by atoms with Crippen LogP contribution >= 0.6 is 0 Å². The van der Waals surface area contributed by atoms with Crippen LogP contribution in [-0.4, -0.2) is 26.1 Å². The van der Waals surface area contributed by atoms with Crippen LogP contribution in [0.3, 0.4) is 0 Å². The maximum atomic E-state index is 13.3. The number of benzene rings is 2. The van der Waals surface area contributed by atoms with Gasteiger partial charge < -0.3 is 14.8 Å². The van der Waals surface area contributed by atoms with Crippen molar-refractivity contribution in [3.63, 3.8) is 0 Å². The normalized spacial score (nSPS) is 16.0. The highest BCUT2D eigenvalue weighted by Gasteiger charge is 2.52. The standard InChI is InChI=1S/C23H20N2O5S/c1-15-4-7-17(8-5-15)31(27,28)21-18(3-2-12-24-21)25-22(26)23(10-11-23)16-6-9-19-20(13-16)30-14-29-19/h2-9,12-13H,10-11,14H2,1H3,(H,25,26). The van der Waals surface area contributed by atoms with Crippen molar-refractivity contribution in [2.45, 2.75) is 35.1 Å². The van der Waals surface area contributed by atoms with Gasteiger partial charge in [-0.05, 0) is 61.7 Å². The Kier molecular flexibility index (Phi) is 4.48. The lowest BCUT2D eigenvalue weighted by Gasteiger charge is -2.17. The lowest BCUT2D eigenvalue weighted by molar-refractivity contribution is -0.118. The van der Waals surface area contributed by atoms with Gasteiger partial charge in [-0.25, -0.2) is 13.4 Å². The summed E-state index contributed by atoms with van der Waals surface area (Å²) in [5.74, 6) is 0.999. The molecule has 7 nitrogen and oxygen atoms in total. The molecule has 8 heteroatoms. The van der Waals surface area contributed by atoms with Crippen molar-refractivity contribution < 1.29 is 22.7 Å². The molecule has 2 heterocycles. The van der Waals surface area contributed by atoms with Crippen LogP contribution in [0.15, 0.2) is 70.7 Å². The molecular weight excluding hydrogens is 416 g/mol. The minimum absolute atomic E-state index is 0.129. The molecule has 0 unspecified atom stereocenters. The number of carbonyl (C=O) groups is 1. The smallest absolute Gasteiger partial charge is 0.235 e. The molecule has 2 aromatic carbocycles. The zero-order valence-electron chi connectivity index (χ0n) is 16.8. The summed E-state index contributed by atoms with van der Waals surface area (Å²) in [6.07, 6.45) is 2.74. The number of nitrogens with one attached hydrogen (secondary N) is 1. The second-order valence-corrected chi connectivity index (χ2v) is 9.64. The molecule has 1 fully saturated rings. The number of hydrogen-bond donors (Lipinski definition) is 1. The molecule has 1 N–H and O–H groups in total. The van der Waals surface area contributed by atoms with Crippen molar-refractivity contribution in [2.24, 2.45) is 0 Å². The molecule has 1 aromatic heterocycles. The molecule has 3 aromatic rings. The van der Waals surface area contributed by atoms with Gasteiger partial charge in [-0.1, -0.05) is 23.8 Å². The van der Waals surface area contributed by atoms with Crippen LogP contribution in [0, 0.1) is 6.92 Å². The minimum atomic E-state index is -3.89. The summed E-state index contributed by atoms with van der Waals surface area (Å²) < 4.78 is 37.1. The second kappa shape index (κ2) is 7.09. The number of anilines is 1. The van der Waals surface area contributed by atoms with Gasteiger partial charge in [-0.15, -0.1) is 0 Å². The Morgan fingerprint density at radius 2 is 1.77 bits per heavy atom. The number of nitrogens with zero attached hydrogens (tertiary/aromatic N) is 1. The third kappa shape index (κ3) is 3.33. The van der Waals surface area contributed by atoms with E-state index in [-0.39, 0.29) is 28.3 Å². The lowest BCUT2D eigenvalue weighted by atomic mass is 9.94. The van der Waals surface area contributed by atoms with E-state index in [2.05, 4.69) is 10.3 Å². The van der Waals surface area contributed by atoms with Gasteiger partial charge in [0.1, 0.15) is 0 Å². The fourth-order valence-electron chi connectivity index (χ4n) is 3.74. The average molecular weight is 436 g/mol. The maximum absolute atomic E-state index is 13.3. The number of amides is 1. The van der Waals surface area contributed by atoms with E-state index in [1.165, 1.54) is 6.20 Å². The van der Waals surface area contributed by atoms with Gasteiger partial charge in [0.25, 0.3) is 0 Å². The Morgan fingerprint density at radius 3 is 2.52 bits per heavy atom. The summed E-state index contributed by atoms with van der Waals surface area (Å²) >= 11 is 0. The fourth-order valence-corrected chi connectivity index (χ4v) is 5.06. The first-order valence-electron chi connectivity index (χ1n) is 9.88. The number of hydrogen-bond acceptors (Lipinski definition) is 6. The van der Waals surface area contributed by atoms with Crippen LogP contribution in [0.5, 0.6) is 11.5 Å². The third-order valence-electron chi connectivity index (χ3n) is 5.71. The zero-order chi connectivity index (χ0) is 21.6. The molecule has 1 saturated carbocycles. The van der Waals surface area contributed by atoms with E-state index >= 15 is 0 Å². The highest BCUT2D eigenvalue weighted by atomic mass is 32.2. The van der Waals surface area contributed by atoms with E-state index in [0.29, 0.717) is 24.3 Å². The Bertz CT molecular complexity index is 1280. The topological polar surface area (TPSA) is 94.6 Å². The fraction of sp³-hybridized carbons (Fsp3) is 0.217. The van der Waals surface area contributed by atoms with Crippen LogP contribution in [0.25, 0.3) is 0 Å². The minimum Gasteiger partial charge on any atom is -0.454 e. The molecule has 1 amide bonds. The van der Waals surface area contributed by atoms with E-state index in [0.717, 1.165) is 11.1 Å². The Morgan fingerprint density at radius 1 is 1.03 bits per heavy atom. The monoisotopic (exact) mass is 436 g/mol. The van der Waals surface area contributed by atoms with Crippen molar-refractivity contribution >= 4 is 21.4 Å². The first kappa shape index (κ1) is 19.6. The van der Waals surface area contributed by atoms with Crippen molar-refractivity contribution in [2.75, 3.05) is 12.1 Å². The second-order valence-electron chi connectivity index (χ2n) is 7.78. The summed E-state index contributed by atoms with van der Waals surface area (Å²) in [4.78, 5) is 17.5. The summed E-state index contributed by atoms with van der Waals surface area (Å²) in [5.41, 5.74) is 1.22. The van der Waals surface area contributed by atoms with Crippen molar-refractivity contribution in [1.29, 1.82) is 0 Å². The predicted octanol–water partition coefficient (Wildman–Crippen LogP) is 3.62. The molecule has 0 saturated heterocycles. The van der Waals surface area contributed by atoms with Gasteiger partial charge >= 0.3 is 0 Å². The largest absolute Gasteiger partial charge is 0.454 e. The van der Waals surface area contributed by atoms with Gasteiger partial charge in [0, 0.05) is 6.20 Å². The molecule has 0 atom stereocenters. The molecule has 0 bridgehead atoms. The first-order valence-corrected chi connectivity index (χ1v) is 11.4. The maximum Gasteiger partial charge on any atom is 0.235 e. The molecule has 158 valence electrons. The molecule has 1 aliphatic carbocycles. The number of sulfone groups is 1. The van der Waals surface area contributed by atoms with Crippen LogP contribution in [-0.2, 0) is 20.0 Å². The first-order chi connectivity index (χ1) is 14.9. The lowest BCUT2D eigenvalue weighted by Crippen LogP contribution is -2.28. The van der Waals surface area contributed by atoms with Crippen molar-refractivity contribution in [3.8, 4) is 11.5 Å². The number of ether oxygens (including phenoxy) is 2. The molecule has 0 spiro atoms. The molecule has 31 heavy (non-hydrogen) atoms. The van der Waals surface area contributed by atoms with Crippen molar-refractivity contribution in [1.82, 2.24) is 4.98 Å². The molecular formula is C23H20N2O5S. The molecule has 5 rings (SSSR count).